The summed E-state index contributed by atoms with van der Waals surface area (Å²) < 4.78 is 5.55. The fourth-order valence-corrected chi connectivity index (χ4v) is 3.06. The van der Waals surface area contributed by atoms with Gasteiger partial charge in [-0.3, -0.25) is 9.78 Å². The SMILES string of the molecule is CC(O)CN(C(=O)c1cncc(-c2ccc3c(c2)CCO3)c1)C(C)C. The van der Waals surface area contributed by atoms with E-state index in [1.54, 1.807) is 24.2 Å². The number of fused-ring (bicyclic) bond motifs is 1. The Morgan fingerprint density at radius 2 is 2.04 bits per heavy atom. The maximum atomic E-state index is 12.8. The highest BCUT2D eigenvalue weighted by molar-refractivity contribution is 5.95. The summed E-state index contributed by atoms with van der Waals surface area (Å²) in [5.74, 6) is 0.821. The van der Waals surface area contributed by atoms with Crippen LogP contribution in [0.3, 0.4) is 0 Å². The second kappa shape index (κ2) is 7.23. The molecular weight excluding hydrogens is 316 g/mol. The minimum Gasteiger partial charge on any atom is -0.493 e. The smallest absolute Gasteiger partial charge is 0.255 e. The van der Waals surface area contributed by atoms with Crippen LogP contribution in [0, 0.1) is 0 Å². The fourth-order valence-electron chi connectivity index (χ4n) is 3.06. The maximum Gasteiger partial charge on any atom is 0.255 e. The largest absolute Gasteiger partial charge is 0.493 e. The van der Waals surface area contributed by atoms with E-state index in [9.17, 15) is 9.90 Å². The lowest BCUT2D eigenvalue weighted by molar-refractivity contribution is 0.0578. The fraction of sp³-hybridized carbons (Fsp3) is 0.400. The number of aromatic nitrogens is 1. The third kappa shape index (κ3) is 3.82. The summed E-state index contributed by atoms with van der Waals surface area (Å²) in [6, 6.07) is 7.93. The minimum atomic E-state index is -0.570. The maximum absolute atomic E-state index is 12.8. The molecule has 2 aromatic rings. The van der Waals surface area contributed by atoms with Crippen molar-refractivity contribution in [3.05, 3.63) is 47.8 Å². The summed E-state index contributed by atoms with van der Waals surface area (Å²) in [5.41, 5.74) is 3.65. The molecular formula is C20H24N2O3. The van der Waals surface area contributed by atoms with Crippen molar-refractivity contribution in [2.75, 3.05) is 13.2 Å². The van der Waals surface area contributed by atoms with Crippen molar-refractivity contribution in [3.63, 3.8) is 0 Å². The topological polar surface area (TPSA) is 62.7 Å². The summed E-state index contributed by atoms with van der Waals surface area (Å²) in [6.45, 7) is 6.59. The van der Waals surface area contributed by atoms with Crippen LogP contribution >= 0.6 is 0 Å². The van der Waals surface area contributed by atoms with Crippen molar-refractivity contribution in [1.82, 2.24) is 9.88 Å². The Morgan fingerprint density at radius 3 is 2.76 bits per heavy atom. The molecule has 5 heteroatoms. The zero-order valence-corrected chi connectivity index (χ0v) is 14.9. The molecule has 0 fully saturated rings. The monoisotopic (exact) mass is 340 g/mol. The van der Waals surface area contributed by atoms with Gasteiger partial charge in [0.2, 0.25) is 0 Å². The van der Waals surface area contributed by atoms with E-state index in [1.165, 1.54) is 5.56 Å². The Hall–Kier alpha value is -2.40. The van der Waals surface area contributed by atoms with Gasteiger partial charge >= 0.3 is 0 Å². The lowest BCUT2D eigenvalue weighted by Gasteiger charge is -2.28. The van der Waals surface area contributed by atoms with Crippen LogP contribution in [-0.2, 0) is 6.42 Å². The van der Waals surface area contributed by atoms with Gasteiger partial charge in [0.15, 0.2) is 0 Å². The third-order valence-electron chi connectivity index (χ3n) is 4.35. The Balaban J connectivity index is 1.89. The van der Waals surface area contributed by atoms with E-state index in [2.05, 4.69) is 11.1 Å². The van der Waals surface area contributed by atoms with Gasteiger partial charge in [0.05, 0.1) is 18.3 Å². The summed E-state index contributed by atoms with van der Waals surface area (Å²) in [6.07, 6.45) is 3.69. The van der Waals surface area contributed by atoms with Crippen LogP contribution in [0.4, 0.5) is 0 Å². The van der Waals surface area contributed by atoms with E-state index in [0.717, 1.165) is 29.9 Å². The van der Waals surface area contributed by atoms with Crippen LogP contribution in [0.25, 0.3) is 11.1 Å². The first-order valence-electron chi connectivity index (χ1n) is 8.66. The molecule has 0 bridgehead atoms. The number of carbonyl (C=O) groups excluding carboxylic acids is 1. The van der Waals surface area contributed by atoms with Crippen LogP contribution in [0.5, 0.6) is 5.75 Å². The van der Waals surface area contributed by atoms with E-state index in [-0.39, 0.29) is 11.9 Å². The highest BCUT2D eigenvalue weighted by atomic mass is 16.5. The standard InChI is InChI=1S/C20H24N2O3/c1-13(2)22(12-14(3)23)20(24)18-9-17(10-21-11-18)15-4-5-19-16(8-15)6-7-25-19/h4-5,8-11,13-14,23H,6-7,12H2,1-3H3. The van der Waals surface area contributed by atoms with Crippen molar-refractivity contribution in [3.8, 4) is 16.9 Å². The molecule has 0 spiro atoms. The number of hydrogen-bond donors (Lipinski definition) is 1. The van der Waals surface area contributed by atoms with Crippen molar-refractivity contribution in [2.45, 2.75) is 39.3 Å². The Kier molecular flexibility index (Phi) is 5.04. The van der Waals surface area contributed by atoms with Crippen LogP contribution < -0.4 is 4.74 Å². The molecule has 1 aromatic carbocycles. The number of ether oxygens (including phenoxy) is 1. The van der Waals surface area contributed by atoms with E-state index in [1.807, 2.05) is 32.0 Å². The number of nitrogens with zero attached hydrogens (tertiary/aromatic N) is 2. The van der Waals surface area contributed by atoms with Gasteiger partial charge in [-0.25, -0.2) is 0 Å². The molecule has 3 rings (SSSR count). The van der Waals surface area contributed by atoms with Gasteiger partial charge in [0, 0.05) is 37.0 Å². The third-order valence-corrected chi connectivity index (χ3v) is 4.35. The zero-order chi connectivity index (χ0) is 18.0. The number of amides is 1. The number of carbonyl (C=O) groups is 1. The molecule has 1 aromatic heterocycles. The van der Waals surface area contributed by atoms with Crippen molar-refractivity contribution in [1.29, 1.82) is 0 Å². The lowest BCUT2D eigenvalue weighted by atomic mass is 10.0. The average molecular weight is 340 g/mol. The molecule has 1 unspecified atom stereocenters. The van der Waals surface area contributed by atoms with Crippen LogP contribution in [0.2, 0.25) is 0 Å². The second-order valence-corrected chi connectivity index (χ2v) is 6.78. The summed E-state index contributed by atoms with van der Waals surface area (Å²) in [7, 11) is 0. The van der Waals surface area contributed by atoms with Gasteiger partial charge in [-0.1, -0.05) is 6.07 Å². The Morgan fingerprint density at radius 1 is 1.24 bits per heavy atom. The van der Waals surface area contributed by atoms with E-state index >= 15 is 0 Å². The Labute approximate surface area is 148 Å². The van der Waals surface area contributed by atoms with E-state index in [4.69, 9.17) is 4.74 Å². The van der Waals surface area contributed by atoms with Gasteiger partial charge < -0.3 is 14.7 Å². The quantitative estimate of drug-likeness (QED) is 0.909. The molecule has 0 saturated carbocycles. The van der Waals surface area contributed by atoms with Gasteiger partial charge in [0.1, 0.15) is 5.75 Å². The number of benzene rings is 1. The highest BCUT2D eigenvalue weighted by Gasteiger charge is 2.21. The molecule has 0 aliphatic carbocycles. The lowest BCUT2D eigenvalue weighted by Crippen LogP contribution is -2.41. The molecule has 0 saturated heterocycles. The van der Waals surface area contributed by atoms with E-state index in [0.29, 0.717) is 12.1 Å². The normalized spacial score (nSPS) is 14.1. The first-order chi connectivity index (χ1) is 12.0. The number of aliphatic hydroxyl groups is 1. The first kappa shape index (κ1) is 17.4. The van der Waals surface area contributed by atoms with Crippen LogP contribution in [0.1, 0.15) is 36.7 Å². The average Bonchev–Trinajstić information content (AvgIpc) is 3.06. The van der Waals surface area contributed by atoms with Gasteiger partial charge in [-0.2, -0.15) is 0 Å². The van der Waals surface area contributed by atoms with Crippen molar-refractivity contribution < 1.29 is 14.6 Å². The molecule has 1 N–H and O–H groups in total. The Bertz CT molecular complexity index is 771. The highest BCUT2D eigenvalue weighted by Crippen LogP contribution is 2.30. The number of pyridine rings is 1. The minimum absolute atomic E-state index is 0.00268. The molecule has 0 radical (unpaired) electrons. The van der Waals surface area contributed by atoms with Crippen molar-refractivity contribution in [2.24, 2.45) is 0 Å². The second-order valence-electron chi connectivity index (χ2n) is 6.78. The number of rotatable bonds is 5. The molecule has 2 heterocycles. The predicted molar refractivity (Wildman–Crippen MR) is 96.7 cm³/mol. The summed E-state index contributed by atoms with van der Waals surface area (Å²) >= 11 is 0. The molecule has 1 atom stereocenters. The predicted octanol–water partition coefficient (Wildman–Crippen LogP) is 2.91. The molecule has 25 heavy (non-hydrogen) atoms. The summed E-state index contributed by atoms with van der Waals surface area (Å²) in [5, 5.41) is 9.67. The molecule has 1 aliphatic heterocycles. The van der Waals surface area contributed by atoms with Gasteiger partial charge in [0.25, 0.3) is 5.91 Å². The van der Waals surface area contributed by atoms with Crippen LogP contribution in [0.15, 0.2) is 36.7 Å². The van der Waals surface area contributed by atoms with E-state index < -0.39 is 6.10 Å². The first-order valence-corrected chi connectivity index (χ1v) is 8.66. The van der Waals surface area contributed by atoms with Gasteiger partial charge in [-0.15, -0.1) is 0 Å². The molecule has 1 aliphatic rings. The number of hydrogen-bond acceptors (Lipinski definition) is 4. The zero-order valence-electron chi connectivity index (χ0n) is 14.9. The van der Waals surface area contributed by atoms with Crippen LogP contribution in [-0.4, -0.2) is 46.2 Å². The summed E-state index contributed by atoms with van der Waals surface area (Å²) in [4.78, 5) is 18.8. The molecule has 1 amide bonds. The van der Waals surface area contributed by atoms with Crippen molar-refractivity contribution >= 4 is 5.91 Å². The molecule has 5 nitrogen and oxygen atoms in total. The van der Waals surface area contributed by atoms with Gasteiger partial charge in [-0.05, 0) is 50.1 Å². The molecule has 132 valence electrons. The number of aliphatic hydroxyl groups excluding tert-OH is 1.